The largest absolute Gasteiger partial charge is 0.425 e. The number of hydrogen-bond acceptors (Lipinski definition) is 5. The minimum absolute atomic E-state index is 0.139. The number of hydrogen-bond donors (Lipinski definition) is 3. The molecule has 0 aliphatic carbocycles. The summed E-state index contributed by atoms with van der Waals surface area (Å²) in [6, 6.07) is 8.81. The molecule has 1 aliphatic heterocycles. The van der Waals surface area contributed by atoms with E-state index < -0.39 is 46.2 Å². The number of fused-ring (bicyclic) bond motifs is 1. The molecule has 0 saturated heterocycles. The molecule has 4 rings (SSSR count). The molecule has 1 atom stereocenters. The number of carbonyl (C=O) groups excluding carboxylic acids is 2. The lowest BCUT2D eigenvalue weighted by atomic mass is 9.91. The van der Waals surface area contributed by atoms with Crippen molar-refractivity contribution < 1.29 is 22.8 Å². The van der Waals surface area contributed by atoms with Crippen LogP contribution >= 0.6 is 0 Å². The van der Waals surface area contributed by atoms with Gasteiger partial charge in [-0.05, 0) is 30.7 Å². The summed E-state index contributed by atoms with van der Waals surface area (Å²) in [6.07, 6.45) is -2.58. The fraction of sp³-hybridized carbons (Fsp3) is 0.190. The zero-order valence-electron chi connectivity index (χ0n) is 17.0. The van der Waals surface area contributed by atoms with Gasteiger partial charge in [0.15, 0.2) is 0 Å². The van der Waals surface area contributed by atoms with Crippen LogP contribution in [-0.4, -0.2) is 32.5 Å². The zero-order valence-corrected chi connectivity index (χ0v) is 17.0. The number of nitrogens with one attached hydrogen (secondary N) is 3. The lowest BCUT2D eigenvalue weighted by molar-refractivity contribution is -0.196. The maximum atomic E-state index is 14.4. The summed E-state index contributed by atoms with van der Waals surface area (Å²) in [5, 5.41) is 3.69. The molecule has 3 N–H and O–H groups in total. The van der Waals surface area contributed by atoms with Crippen molar-refractivity contribution in [3.8, 4) is 0 Å². The van der Waals surface area contributed by atoms with Gasteiger partial charge in [-0.3, -0.25) is 28.9 Å². The third-order valence-electron chi connectivity index (χ3n) is 5.22. The lowest BCUT2D eigenvalue weighted by Gasteiger charge is -2.30. The van der Waals surface area contributed by atoms with Gasteiger partial charge in [0.25, 0.3) is 22.9 Å². The highest BCUT2D eigenvalue weighted by Crippen LogP contribution is 2.45. The Kier molecular flexibility index (Phi) is 5.15. The highest BCUT2D eigenvalue weighted by atomic mass is 19.4. The van der Waals surface area contributed by atoms with Gasteiger partial charge in [-0.1, -0.05) is 23.8 Å². The molecule has 3 heterocycles. The molecule has 0 saturated carbocycles. The van der Waals surface area contributed by atoms with Crippen molar-refractivity contribution >= 4 is 17.6 Å². The average molecular weight is 459 g/mol. The molecule has 3 aromatic rings. The number of aromatic amines is 1. The molecule has 2 amide bonds. The van der Waals surface area contributed by atoms with Gasteiger partial charge in [0, 0.05) is 18.0 Å². The van der Waals surface area contributed by atoms with Crippen LogP contribution in [0.1, 0.15) is 27.0 Å². The van der Waals surface area contributed by atoms with E-state index in [1.54, 1.807) is 30.4 Å². The maximum Gasteiger partial charge on any atom is 0.425 e. The number of aromatic nitrogens is 3. The molecule has 33 heavy (non-hydrogen) atoms. The van der Waals surface area contributed by atoms with Crippen LogP contribution in [0, 0.1) is 6.92 Å². The first-order chi connectivity index (χ1) is 15.5. The van der Waals surface area contributed by atoms with Gasteiger partial charge in [-0.2, -0.15) is 13.2 Å². The molecule has 0 spiro atoms. The Morgan fingerprint density at radius 2 is 1.94 bits per heavy atom. The molecule has 170 valence electrons. The van der Waals surface area contributed by atoms with Crippen molar-refractivity contribution in [2.45, 2.75) is 25.2 Å². The number of rotatable bonds is 4. The SMILES string of the molecule is Cc1cccc(C(=O)NC2(C(F)(F)F)C(=O)Nc3c2c(=O)[nH]c(=O)n3Cc2cccnc2)c1. The van der Waals surface area contributed by atoms with Crippen LogP contribution in [0.5, 0.6) is 0 Å². The van der Waals surface area contributed by atoms with Crippen molar-refractivity contribution in [1.82, 2.24) is 19.9 Å². The number of carbonyl (C=O) groups is 2. The normalized spacial score (nSPS) is 17.4. The number of amides is 2. The predicted molar refractivity (Wildman–Crippen MR) is 110 cm³/mol. The summed E-state index contributed by atoms with van der Waals surface area (Å²) in [4.78, 5) is 56.2. The Labute approximate surface area is 183 Å². The third-order valence-corrected chi connectivity index (χ3v) is 5.22. The van der Waals surface area contributed by atoms with Crippen LogP contribution in [0.25, 0.3) is 0 Å². The Morgan fingerprint density at radius 1 is 1.18 bits per heavy atom. The number of benzene rings is 1. The van der Waals surface area contributed by atoms with E-state index in [1.807, 2.05) is 10.3 Å². The Balaban J connectivity index is 1.90. The van der Waals surface area contributed by atoms with Crippen LogP contribution in [-0.2, 0) is 16.9 Å². The number of nitrogens with zero attached hydrogens (tertiary/aromatic N) is 2. The summed E-state index contributed by atoms with van der Waals surface area (Å²) < 4.78 is 44.0. The van der Waals surface area contributed by atoms with Crippen molar-refractivity contribution in [1.29, 1.82) is 0 Å². The predicted octanol–water partition coefficient (Wildman–Crippen LogP) is 1.43. The van der Waals surface area contributed by atoms with Gasteiger partial charge in [0.1, 0.15) is 11.4 Å². The van der Waals surface area contributed by atoms with Crippen molar-refractivity contribution in [2.75, 3.05) is 5.32 Å². The van der Waals surface area contributed by atoms with Crippen LogP contribution < -0.4 is 21.9 Å². The molecule has 1 unspecified atom stereocenters. The summed E-state index contributed by atoms with van der Waals surface area (Å²) in [5.41, 5.74) is -6.42. The molecule has 9 nitrogen and oxygen atoms in total. The highest BCUT2D eigenvalue weighted by molar-refractivity contribution is 6.09. The second-order valence-electron chi connectivity index (χ2n) is 7.46. The van der Waals surface area contributed by atoms with Gasteiger partial charge in [-0.25, -0.2) is 4.79 Å². The van der Waals surface area contributed by atoms with E-state index in [9.17, 15) is 32.3 Å². The van der Waals surface area contributed by atoms with Crippen molar-refractivity contribution in [2.24, 2.45) is 0 Å². The molecule has 1 aromatic carbocycles. The van der Waals surface area contributed by atoms with Crippen molar-refractivity contribution in [3.05, 3.63) is 91.9 Å². The second kappa shape index (κ2) is 7.73. The maximum absolute atomic E-state index is 14.4. The van der Waals surface area contributed by atoms with E-state index in [0.717, 1.165) is 4.57 Å². The zero-order chi connectivity index (χ0) is 24.0. The first-order valence-corrected chi connectivity index (χ1v) is 9.58. The summed E-state index contributed by atoms with van der Waals surface area (Å²) in [5.74, 6) is -3.58. The van der Waals surface area contributed by atoms with E-state index in [2.05, 4.69) is 4.98 Å². The van der Waals surface area contributed by atoms with E-state index >= 15 is 0 Å². The van der Waals surface area contributed by atoms with Crippen LogP contribution in [0.2, 0.25) is 0 Å². The molecular formula is C21H16F3N5O4. The number of pyridine rings is 1. The molecule has 0 radical (unpaired) electrons. The Morgan fingerprint density at radius 3 is 2.58 bits per heavy atom. The Hall–Kier alpha value is -4.22. The van der Waals surface area contributed by atoms with Crippen LogP contribution in [0.4, 0.5) is 19.0 Å². The average Bonchev–Trinajstić information content (AvgIpc) is 3.05. The number of H-pyrrole nitrogens is 1. The van der Waals surface area contributed by atoms with Gasteiger partial charge >= 0.3 is 11.9 Å². The molecule has 2 aromatic heterocycles. The smallest absolute Gasteiger partial charge is 0.326 e. The topological polar surface area (TPSA) is 126 Å². The molecule has 0 bridgehead atoms. The number of aryl methyl sites for hydroxylation is 1. The quantitative estimate of drug-likeness (QED) is 0.544. The number of alkyl halides is 3. The monoisotopic (exact) mass is 459 g/mol. The first kappa shape index (κ1) is 22.0. The minimum atomic E-state index is -5.41. The number of halogens is 3. The minimum Gasteiger partial charge on any atom is -0.326 e. The van der Waals surface area contributed by atoms with Gasteiger partial charge in [0.05, 0.1) is 6.54 Å². The second-order valence-corrected chi connectivity index (χ2v) is 7.46. The summed E-state index contributed by atoms with van der Waals surface area (Å²) in [6.45, 7) is 1.35. The molecular weight excluding hydrogens is 443 g/mol. The summed E-state index contributed by atoms with van der Waals surface area (Å²) >= 11 is 0. The third kappa shape index (κ3) is 3.58. The van der Waals surface area contributed by atoms with Crippen LogP contribution in [0.15, 0.2) is 58.4 Å². The molecule has 12 heteroatoms. The van der Waals surface area contributed by atoms with E-state index in [1.165, 1.54) is 30.6 Å². The fourth-order valence-electron chi connectivity index (χ4n) is 3.68. The van der Waals surface area contributed by atoms with Crippen LogP contribution in [0.3, 0.4) is 0 Å². The highest BCUT2D eigenvalue weighted by Gasteiger charge is 2.68. The standard InChI is InChI=1S/C21H16F3N5O4/c1-11-4-2-6-13(8-11)16(30)28-20(21(22,23)24)14-15(26-18(20)32)29(19(33)27-17(14)31)10-12-5-3-7-25-9-12/h2-9H,10H2,1H3,(H,26,32)(H,28,30)(H,27,31,33). The first-order valence-electron chi connectivity index (χ1n) is 9.58. The Bertz CT molecular complexity index is 1380. The van der Waals surface area contributed by atoms with Gasteiger partial charge in [0.2, 0.25) is 0 Å². The van der Waals surface area contributed by atoms with Gasteiger partial charge in [-0.15, -0.1) is 0 Å². The van der Waals surface area contributed by atoms with E-state index in [4.69, 9.17) is 0 Å². The van der Waals surface area contributed by atoms with Gasteiger partial charge < -0.3 is 10.6 Å². The molecule has 0 fully saturated rings. The lowest BCUT2D eigenvalue weighted by Crippen LogP contribution is -2.62. The number of anilines is 1. The van der Waals surface area contributed by atoms with E-state index in [-0.39, 0.29) is 12.1 Å². The fourth-order valence-corrected chi connectivity index (χ4v) is 3.68. The molecule has 1 aliphatic rings. The van der Waals surface area contributed by atoms with Crippen molar-refractivity contribution in [3.63, 3.8) is 0 Å². The summed E-state index contributed by atoms with van der Waals surface area (Å²) in [7, 11) is 0. The van der Waals surface area contributed by atoms with E-state index in [0.29, 0.717) is 11.1 Å².